The highest BCUT2D eigenvalue weighted by Crippen LogP contribution is 2.40. The van der Waals surface area contributed by atoms with Crippen LogP contribution >= 0.6 is 24.0 Å². The molecule has 0 amide bonds. The molecule has 1 saturated heterocycles. The van der Waals surface area contributed by atoms with Crippen LogP contribution in [0.25, 0.3) is 0 Å². The summed E-state index contributed by atoms with van der Waals surface area (Å²) in [5.41, 5.74) is -3.03. The molecule has 3 N–H and O–H groups in total. The minimum absolute atomic E-state index is 0. The van der Waals surface area contributed by atoms with Crippen LogP contribution in [0.5, 0.6) is 0 Å². The number of likely N-dealkylation sites (tertiary alicyclic amines) is 1. The van der Waals surface area contributed by atoms with Crippen LogP contribution in [-0.2, 0) is 12.6 Å². The van der Waals surface area contributed by atoms with Crippen LogP contribution < -0.4 is 10.6 Å². The minimum Gasteiger partial charge on any atom is -0.374 e. The summed E-state index contributed by atoms with van der Waals surface area (Å²) in [4.78, 5) is 10.6. The Morgan fingerprint density at radius 1 is 1.29 bits per heavy atom. The van der Waals surface area contributed by atoms with Gasteiger partial charge >= 0.3 is 6.18 Å². The zero-order valence-electron chi connectivity index (χ0n) is 18.6. The second-order valence-electron chi connectivity index (χ2n) is 8.03. The second-order valence-corrected chi connectivity index (χ2v) is 8.03. The van der Waals surface area contributed by atoms with Gasteiger partial charge in [-0.25, -0.2) is 4.98 Å². The Bertz CT molecular complexity index is 676. The molecule has 1 aliphatic heterocycles. The lowest BCUT2D eigenvalue weighted by Gasteiger charge is -2.30. The van der Waals surface area contributed by atoms with Crippen LogP contribution in [0.2, 0.25) is 0 Å². The number of aryl methyl sites for hydroxylation is 1. The standard InChI is InChI=1S/C20H35F3N6O.HI/c1-4-24-18(26-9-5-12-29-13-6-16(2)7-14-29)27-10-8-19(30,20(21,22)23)17-25-11-15-28(17)3;/h11,15-16,30H,4-10,12-14H2,1-3H3,(H2,24,26,27);1H. The molecular weight excluding hydrogens is 524 g/mol. The van der Waals surface area contributed by atoms with Crippen molar-refractivity contribution in [1.82, 2.24) is 25.1 Å². The maximum atomic E-state index is 13.6. The normalized spacial score (nSPS) is 18.4. The molecule has 0 radical (unpaired) electrons. The van der Waals surface area contributed by atoms with E-state index in [0.717, 1.165) is 32.0 Å². The summed E-state index contributed by atoms with van der Waals surface area (Å²) in [5.74, 6) is 0.827. The number of hydrogen-bond donors (Lipinski definition) is 3. The highest BCUT2D eigenvalue weighted by molar-refractivity contribution is 14.0. The smallest absolute Gasteiger partial charge is 0.374 e. The van der Waals surface area contributed by atoms with Gasteiger partial charge in [-0.1, -0.05) is 6.92 Å². The van der Waals surface area contributed by atoms with Crippen LogP contribution in [0, 0.1) is 5.92 Å². The Kier molecular flexibility index (Phi) is 11.6. The van der Waals surface area contributed by atoms with Gasteiger partial charge in [0, 0.05) is 45.5 Å². The lowest BCUT2D eigenvalue weighted by Crippen LogP contribution is -2.48. The average molecular weight is 560 g/mol. The zero-order valence-corrected chi connectivity index (χ0v) is 20.9. The van der Waals surface area contributed by atoms with Crippen LogP contribution in [0.4, 0.5) is 13.2 Å². The van der Waals surface area contributed by atoms with Gasteiger partial charge in [-0.3, -0.25) is 4.99 Å². The number of piperidine rings is 1. The molecule has 11 heteroatoms. The predicted molar refractivity (Wildman–Crippen MR) is 127 cm³/mol. The molecule has 1 aromatic rings. The fourth-order valence-electron chi connectivity index (χ4n) is 3.62. The number of halogens is 4. The Morgan fingerprint density at radius 3 is 2.52 bits per heavy atom. The molecule has 180 valence electrons. The van der Waals surface area contributed by atoms with Crippen molar-refractivity contribution < 1.29 is 18.3 Å². The summed E-state index contributed by atoms with van der Waals surface area (Å²) in [6, 6.07) is 0. The maximum absolute atomic E-state index is 13.6. The lowest BCUT2D eigenvalue weighted by molar-refractivity contribution is -0.272. The fraction of sp³-hybridized carbons (Fsp3) is 0.800. The van der Waals surface area contributed by atoms with Crippen molar-refractivity contribution in [2.24, 2.45) is 18.0 Å². The number of aliphatic hydroxyl groups is 1. The summed E-state index contributed by atoms with van der Waals surface area (Å²) in [6.45, 7) is 8.47. The summed E-state index contributed by atoms with van der Waals surface area (Å²) in [5, 5.41) is 16.3. The monoisotopic (exact) mass is 560 g/mol. The highest BCUT2D eigenvalue weighted by atomic mass is 127. The number of alkyl halides is 3. The molecule has 0 aliphatic carbocycles. The number of aromatic nitrogens is 2. The van der Waals surface area contributed by atoms with E-state index in [0.29, 0.717) is 19.0 Å². The van der Waals surface area contributed by atoms with Gasteiger partial charge in [0.15, 0.2) is 5.96 Å². The molecule has 0 saturated carbocycles. The van der Waals surface area contributed by atoms with Gasteiger partial charge in [0.1, 0.15) is 5.82 Å². The molecular formula is C20H36F3IN6O. The number of rotatable bonds is 9. The van der Waals surface area contributed by atoms with Gasteiger partial charge in [0.2, 0.25) is 5.60 Å². The maximum Gasteiger partial charge on any atom is 0.424 e. The first-order valence-corrected chi connectivity index (χ1v) is 10.7. The third-order valence-corrected chi connectivity index (χ3v) is 5.56. The first kappa shape index (κ1) is 28.0. The average Bonchev–Trinajstić information content (AvgIpc) is 3.12. The summed E-state index contributed by atoms with van der Waals surface area (Å²) in [7, 11) is 1.43. The molecule has 31 heavy (non-hydrogen) atoms. The van der Waals surface area contributed by atoms with Crippen LogP contribution in [0.1, 0.15) is 45.4 Å². The van der Waals surface area contributed by atoms with Crippen molar-refractivity contribution >= 4 is 29.9 Å². The number of nitrogens with zero attached hydrogens (tertiary/aromatic N) is 4. The van der Waals surface area contributed by atoms with Crippen LogP contribution in [0.3, 0.4) is 0 Å². The topological polar surface area (TPSA) is 77.7 Å². The Balaban J connectivity index is 0.00000480. The SMILES string of the molecule is CCNC(=NCCCN1CCC(C)CC1)NCCC(O)(c1nccn1C)C(F)(F)F.I. The zero-order chi connectivity index (χ0) is 22.2. The fourth-order valence-corrected chi connectivity index (χ4v) is 3.62. The highest BCUT2D eigenvalue weighted by Gasteiger charge is 2.57. The number of aliphatic imine (C=N–C) groups is 1. The number of imidazole rings is 1. The summed E-state index contributed by atoms with van der Waals surface area (Å²) in [6.07, 6.45) is 0.566. The summed E-state index contributed by atoms with van der Waals surface area (Å²) >= 11 is 0. The molecule has 1 atom stereocenters. The van der Waals surface area contributed by atoms with E-state index in [1.54, 1.807) is 0 Å². The molecule has 2 rings (SSSR count). The summed E-state index contributed by atoms with van der Waals surface area (Å²) < 4.78 is 42.0. The lowest BCUT2D eigenvalue weighted by atomic mass is 9.97. The van der Waals surface area contributed by atoms with E-state index < -0.39 is 24.0 Å². The van der Waals surface area contributed by atoms with Gasteiger partial charge in [-0.05, 0) is 51.7 Å². The Hall–Kier alpha value is -1.08. The molecule has 2 heterocycles. The van der Waals surface area contributed by atoms with Crippen molar-refractivity contribution in [2.45, 2.75) is 51.3 Å². The minimum atomic E-state index is -4.84. The molecule has 7 nitrogen and oxygen atoms in total. The number of nitrogens with one attached hydrogen (secondary N) is 2. The van der Waals surface area contributed by atoms with Gasteiger partial charge in [0.05, 0.1) is 0 Å². The van der Waals surface area contributed by atoms with Crippen molar-refractivity contribution in [1.29, 1.82) is 0 Å². The van der Waals surface area contributed by atoms with Crippen LogP contribution in [-0.4, -0.2) is 71.0 Å². The van der Waals surface area contributed by atoms with Crippen molar-refractivity contribution in [3.8, 4) is 0 Å². The van der Waals surface area contributed by atoms with E-state index in [9.17, 15) is 18.3 Å². The third-order valence-electron chi connectivity index (χ3n) is 5.56. The van der Waals surface area contributed by atoms with Gasteiger partial charge in [0.25, 0.3) is 0 Å². The van der Waals surface area contributed by atoms with Gasteiger partial charge < -0.3 is 25.2 Å². The molecule has 0 spiro atoms. The largest absolute Gasteiger partial charge is 0.424 e. The first-order chi connectivity index (χ1) is 14.2. The Morgan fingerprint density at radius 2 is 1.97 bits per heavy atom. The number of guanidine groups is 1. The predicted octanol–water partition coefficient (Wildman–Crippen LogP) is 2.86. The van der Waals surface area contributed by atoms with E-state index in [-0.39, 0.29) is 30.5 Å². The van der Waals surface area contributed by atoms with E-state index in [1.165, 1.54) is 36.9 Å². The molecule has 1 fully saturated rings. The molecule has 0 aromatic carbocycles. The van der Waals surface area contributed by atoms with Crippen molar-refractivity contribution in [3.63, 3.8) is 0 Å². The van der Waals surface area contributed by atoms with E-state index >= 15 is 0 Å². The molecule has 0 bridgehead atoms. The second kappa shape index (κ2) is 12.8. The number of hydrogen-bond acceptors (Lipinski definition) is 4. The third kappa shape index (κ3) is 8.08. The molecule has 1 unspecified atom stereocenters. The van der Waals surface area contributed by atoms with Gasteiger partial charge in [-0.15, -0.1) is 24.0 Å². The van der Waals surface area contributed by atoms with E-state index in [4.69, 9.17) is 0 Å². The van der Waals surface area contributed by atoms with Gasteiger partial charge in [-0.2, -0.15) is 13.2 Å². The Labute approximate surface area is 199 Å². The molecule has 1 aliphatic rings. The molecule has 1 aromatic heterocycles. The van der Waals surface area contributed by atoms with Crippen molar-refractivity contribution in [3.05, 3.63) is 18.2 Å². The van der Waals surface area contributed by atoms with E-state index in [1.807, 2.05) is 6.92 Å². The van der Waals surface area contributed by atoms with Crippen molar-refractivity contribution in [2.75, 3.05) is 39.3 Å². The first-order valence-electron chi connectivity index (χ1n) is 10.7. The van der Waals surface area contributed by atoms with Crippen LogP contribution in [0.15, 0.2) is 17.4 Å². The van der Waals surface area contributed by atoms with E-state index in [2.05, 4.69) is 32.4 Å². The quantitative estimate of drug-likeness (QED) is 0.188.